The van der Waals surface area contributed by atoms with Gasteiger partial charge in [-0.2, -0.15) is 0 Å². The molecule has 3 rings (SSSR count). The molecule has 1 atom stereocenters. The van der Waals surface area contributed by atoms with E-state index in [-0.39, 0.29) is 11.9 Å². The molecule has 1 unspecified atom stereocenters. The highest BCUT2D eigenvalue weighted by molar-refractivity contribution is 6.27. The summed E-state index contributed by atoms with van der Waals surface area (Å²) in [5.74, 6) is -1.67. The Bertz CT molecular complexity index is 700. The van der Waals surface area contributed by atoms with Crippen LogP contribution in [0.3, 0.4) is 0 Å². The van der Waals surface area contributed by atoms with Gasteiger partial charge in [0, 0.05) is 12.6 Å². The van der Waals surface area contributed by atoms with Gasteiger partial charge in [0.2, 0.25) is 0 Å². The van der Waals surface area contributed by atoms with Crippen molar-refractivity contribution >= 4 is 11.9 Å². The number of furan rings is 1. The first-order valence-electron chi connectivity index (χ1n) is 7.63. The standard InChI is InChI=1S/C15H17NO3.C2H2O4/c17-12-5-3-11-4-6-14(19-15(11)8-12)10-16-9-13-2-1-7-18-13;3-1(4)2(5)6/h1-3,5,7-8,14,16-17H,4,6,9-10H2;(H,3,4)(H,5,6). The molecule has 4 N–H and O–H groups in total. The number of hydrogen-bond donors (Lipinski definition) is 4. The van der Waals surface area contributed by atoms with E-state index in [0.29, 0.717) is 6.54 Å². The quantitative estimate of drug-likeness (QED) is 0.613. The van der Waals surface area contributed by atoms with Crippen LogP contribution in [0.25, 0.3) is 0 Å². The second kappa shape index (κ2) is 8.74. The van der Waals surface area contributed by atoms with E-state index in [1.54, 1.807) is 18.4 Å². The predicted molar refractivity (Wildman–Crippen MR) is 86.5 cm³/mol. The monoisotopic (exact) mass is 349 g/mol. The predicted octanol–water partition coefficient (Wildman–Crippen LogP) is 1.62. The van der Waals surface area contributed by atoms with Crippen molar-refractivity contribution in [3.63, 3.8) is 0 Å². The van der Waals surface area contributed by atoms with Gasteiger partial charge < -0.3 is 29.8 Å². The van der Waals surface area contributed by atoms with Gasteiger partial charge in [-0.25, -0.2) is 9.59 Å². The molecule has 25 heavy (non-hydrogen) atoms. The van der Waals surface area contributed by atoms with Crippen LogP contribution in [0.4, 0.5) is 0 Å². The number of phenols is 1. The number of aliphatic carboxylic acids is 2. The lowest BCUT2D eigenvalue weighted by Gasteiger charge is -2.26. The Hall–Kier alpha value is -3.00. The normalized spacial score (nSPS) is 15.3. The fourth-order valence-corrected chi connectivity index (χ4v) is 2.33. The molecule has 2 aromatic rings. The molecule has 0 saturated heterocycles. The highest BCUT2D eigenvalue weighted by Gasteiger charge is 2.19. The Balaban J connectivity index is 0.000000326. The summed E-state index contributed by atoms with van der Waals surface area (Å²) in [6.07, 6.45) is 3.79. The van der Waals surface area contributed by atoms with Crippen LogP contribution >= 0.6 is 0 Å². The molecule has 0 spiro atoms. The molecule has 0 aliphatic carbocycles. The van der Waals surface area contributed by atoms with Crippen LogP contribution in [0.1, 0.15) is 17.7 Å². The Morgan fingerprint density at radius 1 is 1.20 bits per heavy atom. The smallest absolute Gasteiger partial charge is 0.414 e. The molecule has 0 amide bonds. The molecule has 8 nitrogen and oxygen atoms in total. The van der Waals surface area contributed by atoms with Crippen LogP contribution in [0, 0.1) is 0 Å². The lowest BCUT2D eigenvalue weighted by molar-refractivity contribution is -0.159. The fourth-order valence-electron chi connectivity index (χ4n) is 2.33. The minimum Gasteiger partial charge on any atom is -0.508 e. The van der Waals surface area contributed by atoms with Gasteiger partial charge in [-0.3, -0.25) is 0 Å². The van der Waals surface area contributed by atoms with Crippen LogP contribution in [0.15, 0.2) is 41.0 Å². The number of ether oxygens (including phenoxy) is 1. The SMILES string of the molecule is O=C(O)C(=O)O.Oc1ccc2c(c1)OC(CNCc1ccco1)CC2. The maximum atomic E-state index is 9.47. The number of aromatic hydroxyl groups is 1. The largest absolute Gasteiger partial charge is 0.508 e. The van der Waals surface area contributed by atoms with Crippen molar-refractivity contribution in [1.82, 2.24) is 5.32 Å². The molecular formula is C17H19NO7. The van der Waals surface area contributed by atoms with Gasteiger partial charge in [-0.1, -0.05) is 6.07 Å². The van der Waals surface area contributed by atoms with Crippen LogP contribution in [0.2, 0.25) is 0 Å². The summed E-state index contributed by atoms with van der Waals surface area (Å²) in [6, 6.07) is 9.15. The molecule has 0 bridgehead atoms. The van der Waals surface area contributed by atoms with E-state index in [1.807, 2.05) is 18.2 Å². The van der Waals surface area contributed by atoms with Crippen molar-refractivity contribution < 1.29 is 34.1 Å². The second-order valence-electron chi connectivity index (χ2n) is 5.39. The molecule has 2 heterocycles. The summed E-state index contributed by atoms with van der Waals surface area (Å²) in [7, 11) is 0. The Morgan fingerprint density at radius 3 is 2.60 bits per heavy atom. The van der Waals surface area contributed by atoms with Crippen molar-refractivity contribution in [2.45, 2.75) is 25.5 Å². The first kappa shape index (κ1) is 18.3. The van der Waals surface area contributed by atoms with Gasteiger partial charge >= 0.3 is 11.9 Å². The van der Waals surface area contributed by atoms with Crippen molar-refractivity contribution in [2.75, 3.05) is 6.54 Å². The molecule has 0 fully saturated rings. The van der Waals surface area contributed by atoms with E-state index < -0.39 is 11.9 Å². The number of aryl methyl sites for hydroxylation is 1. The molecular weight excluding hydrogens is 330 g/mol. The number of hydrogen-bond acceptors (Lipinski definition) is 6. The molecule has 1 aliphatic rings. The zero-order valence-corrected chi connectivity index (χ0v) is 13.3. The number of fused-ring (bicyclic) bond motifs is 1. The zero-order chi connectivity index (χ0) is 18.2. The molecule has 1 aromatic carbocycles. The number of phenolic OH excluding ortho intramolecular Hbond substituents is 1. The molecule has 0 radical (unpaired) electrons. The lowest BCUT2D eigenvalue weighted by Crippen LogP contribution is -2.33. The minimum absolute atomic E-state index is 0.143. The van der Waals surface area contributed by atoms with Crippen molar-refractivity contribution in [3.05, 3.63) is 47.9 Å². The zero-order valence-electron chi connectivity index (χ0n) is 13.3. The average molecular weight is 349 g/mol. The molecule has 134 valence electrons. The van der Waals surface area contributed by atoms with Crippen LogP contribution in [-0.2, 0) is 22.6 Å². The van der Waals surface area contributed by atoms with Crippen LogP contribution in [0.5, 0.6) is 11.5 Å². The summed E-state index contributed by atoms with van der Waals surface area (Å²) >= 11 is 0. The van der Waals surface area contributed by atoms with Gasteiger partial charge in [0.05, 0.1) is 12.8 Å². The summed E-state index contributed by atoms with van der Waals surface area (Å²) in [4.78, 5) is 18.2. The Kier molecular flexibility index (Phi) is 6.41. The molecule has 8 heteroatoms. The summed E-state index contributed by atoms with van der Waals surface area (Å²) in [6.45, 7) is 1.48. The van der Waals surface area contributed by atoms with Crippen molar-refractivity contribution in [1.29, 1.82) is 0 Å². The van der Waals surface area contributed by atoms with E-state index in [9.17, 15) is 5.11 Å². The van der Waals surface area contributed by atoms with Gasteiger partial charge in [0.15, 0.2) is 0 Å². The lowest BCUT2D eigenvalue weighted by atomic mass is 10.0. The number of benzene rings is 1. The average Bonchev–Trinajstić information content (AvgIpc) is 3.08. The van der Waals surface area contributed by atoms with Crippen LogP contribution < -0.4 is 10.1 Å². The first-order valence-corrected chi connectivity index (χ1v) is 7.63. The maximum absolute atomic E-state index is 9.47. The van der Waals surface area contributed by atoms with E-state index in [0.717, 1.165) is 30.9 Å². The summed E-state index contributed by atoms with van der Waals surface area (Å²) < 4.78 is 11.1. The summed E-state index contributed by atoms with van der Waals surface area (Å²) in [5, 5.41) is 27.6. The molecule has 1 aliphatic heterocycles. The third-order valence-corrected chi connectivity index (χ3v) is 3.51. The van der Waals surface area contributed by atoms with E-state index >= 15 is 0 Å². The van der Waals surface area contributed by atoms with Gasteiger partial charge in [0.1, 0.15) is 23.4 Å². The molecule has 0 saturated carbocycles. The number of carboxylic acids is 2. The van der Waals surface area contributed by atoms with Gasteiger partial charge in [0.25, 0.3) is 0 Å². The number of carboxylic acid groups (broad SMARTS) is 2. The van der Waals surface area contributed by atoms with E-state index in [1.165, 1.54) is 5.56 Å². The van der Waals surface area contributed by atoms with Gasteiger partial charge in [-0.15, -0.1) is 0 Å². The Morgan fingerprint density at radius 2 is 1.96 bits per heavy atom. The van der Waals surface area contributed by atoms with Gasteiger partial charge in [-0.05, 0) is 36.6 Å². The number of rotatable bonds is 4. The highest BCUT2D eigenvalue weighted by atomic mass is 16.5. The Labute approximate surface area is 143 Å². The fraction of sp³-hybridized carbons (Fsp3) is 0.294. The summed E-state index contributed by atoms with van der Waals surface area (Å²) in [5.41, 5.74) is 1.17. The highest BCUT2D eigenvalue weighted by Crippen LogP contribution is 2.30. The first-order chi connectivity index (χ1) is 12.0. The van der Waals surface area contributed by atoms with E-state index in [4.69, 9.17) is 29.0 Å². The third kappa shape index (κ3) is 5.85. The topological polar surface area (TPSA) is 129 Å². The van der Waals surface area contributed by atoms with Crippen molar-refractivity contribution in [3.8, 4) is 11.5 Å². The number of carbonyl (C=O) groups is 2. The minimum atomic E-state index is -1.82. The van der Waals surface area contributed by atoms with Crippen molar-refractivity contribution in [2.24, 2.45) is 0 Å². The third-order valence-electron chi connectivity index (χ3n) is 3.51. The maximum Gasteiger partial charge on any atom is 0.414 e. The number of nitrogens with one attached hydrogen (secondary N) is 1. The van der Waals surface area contributed by atoms with Crippen LogP contribution in [-0.4, -0.2) is 39.9 Å². The molecule has 1 aromatic heterocycles. The van der Waals surface area contributed by atoms with E-state index in [2.05, 4.69) is 5.32 Å². The second-order valence-corrected chi connectivity index (χ2v) is 5.39.